The van der Waals surface area contributed by atoms with Gasteiger partial charge in [-0.15, -0.1) is 0 Å². The Morgan fingerprint density at radius 1 is 1.05 bits per heavy atom. The Morgan fingerprint density at radius 3 is 2.40 bits per heavy atom. The third kappa shape index (κ3) is 3.08. The predicted molar refractivity (Wildman–Crippen MR) is 84.0 cm³/mol. The predicted octanol–water partition coefficient (Wildman–Crippen LogP) is 4.44. The first-order valence-electron chi connectivity index (χ1n) is 7.05. The van der Waals surface area contributed by atoms with E-state index in [1.165, 1.54) is 5.56 Å². The van der Waals surface area contributed by atoms with Gasteiger partial charge in [0.1, 0.15) is 0 Å². The van der Waals surface area contributed by atoms with Crippen molar-refractivity contribution in [1.82, 2.24) is 0 Å². The van der Waals surface area contributed by atoms with Crippen LogP contribution in [-0.2, 0) is 4.79 Å². The molecule has 20 heavy (non-hydrogen) atoms. The van der Waals surface area contributed by atoms with E-state index < -0.39 is 0 Å². The number of aryl methyl sites for hydroxylation is 1. The van der Waals surface area contributed by atoms with E-state index in [1.54, 1.807) is 0 Å². The lowest BCUT2D eigenvalue weighted by molar-refractivity contribution is -0.117. The fourth-order valence-electron chi connectivity index (χ4n) is 2.36. The minimum absolute atomic E-state index is 0.0624. The van der Waals surface area contributed by atoms with Crippen LogP contribution < -0.4 is 5.32 Å². The Balaban J connectivity index is 2.20. The van der Waals surface area contributed by atoms with Gasteiger partial charge in [0.15, 0.2) is 0 Å². The van der Waals surface area contributed by atoms with E-state index in [4.69, 9.17) is 0 Å². The summed E-state index contributed by atoms with van der Waals surface area (Å²) in [6.45, 7) is 6.13. The molecule has 0 saturated carbocycles. The van der Waals surface area contributed by atoms with Crippen LogP contribution in [0, 0.1) is 13.8 Å². The molecule has 104 valence electrons. The number of nitrogens with one attached hydrogen (secondary N) is 1. The third-order valence-corrected chi connectivity index (χ3v) is 3.79. The summed E-state index contributed by atoms with van der Waals surface area (Å²) in [6, 6.07) is 15.9. The highest BCUT2D eigenvalue weighted by Crippen LogP contribution is 2.24. The molecule has 0 saturated heterocycles. The highest BCUT2D eigenvalue weighted by Gasteiger charge is 2.19. The zero-order valence-electron chi connectivity index (χ0n) is 12.3. The van der Waals surface area contributed by atoms with E-state index in [9.17, 15) is 4.79 Å². The second-order valence-corrected chi connectivity index (χ2v) is 5.11. The molecule has 2 aromatic carbocycles. The number of hydrogen-bond acceptors (Lipinski definition) is 1. The molecule has 0 heterocycles. The summed E-state index contributed by atoms with van der Waals surface area (Å²) >= 11 is 0. The van der Waals surface area contributed by atoms with Gasteiger partial charge in [0.2, 0.25) is 5.91 Å². The van der Waals surface area contributed by atoms with Gasteiger partial charge in [-0.1, -0.05) is 49.4 Å². The molecular weight excluding hydrogens is 246 g/mol. The van der Waals surface area contributed by atoms with Crippen LogP contribution in [0.25, 0.3) is 0 Å². The van der Waals surface area contributed by atoms with Crippen LogP contribution in [0.3, 0.4) is 0 Å². The van der Waals surface area contributed by atoms with E-state index >= 15 is 0 Å². The van der Waals surface area contributed by atoms with Crippen LogP contribution >= 0.6 is 0 Å². The molecule has 1 amide bonds. The Bertz CT molecular complexity index is 590. The average molecular weight is 267 g/mol. The molecule has 1 N–H and O–H groups in total. The monoisotopic (exact) mass is 267 g/mol. The van der Waals surface area contributed by atoms with E-state index in [2.05, 4.69) is 18.3 Å². The maximum Gasteiger partial charge on any atom is 0.231 e. The Labute approximate surface area is 120 Å². The van der Waals surface area contributed by atoms with Gasteiger partial charge in [-0.2, -0.15) is 0 Å². The van der Waals surface area contributed by atoms with E-state index in [0.29, 0.717) is 0 Å². The van der Waals surface area contributed by atoms with Crippen molar-refractivity contribution in [1.29, 1.82) is 0 Å². The molecule has 0 fully saturated rings. The van der Waals surface area contributed by atoms with Crippen LogP contribution in [0.15, 0.2) is 48.5 Å². The number of benzene rings is 2. The van der Waals surface area contributed by atoms with Gasteiger partial charge in [-0.25, -0.2) is 0 Å². The number of hydrogen-bond donors (Lipinski definition) is 1. The maximum absolute atomic E-state index is 12.5. The molecule has 0 radical (unpaired) electrons. The fourth-order valence-corrected chi connectivity index (χ4v) is 2.36. The number of amides is 1. The van der Waals surface area contributed by atoms with Gasteiger partial charge >= 0.3 is 0 Å². The molecule has 0 aromatic heterocycles. The van der Waals surface area contributed by atoms with Crippen LogP contribution in [-0.4, -0.2) is 5.91 Å². The van der Waals surface area contributed by atoms with Gasteiger partial charge < -0.3 is 5.32 Å². The first kappa shape index (κ1) is 14.3. The van der Waals surface area contributed by atoms with Gasteiger partial charge in [-0.3, -0.25) is 4.79 Å². The van der Waals surface area contributed by atoms with Crippen molar-refractivity contribution in [2.75, 3.05) is 5.32 Å². The first-order valence-corrected chi connectivity index (χ1v) is 7.05. The van der Waals surface area contributed by atoms with Gasteiger partial charge in [-0.05, 0) is 43.0 Å². The van der Waals surface area contributed by atoms with Crippen molar-refractivity contribution in [3.05, 3.63) is 65.2 Å². The van der Waals surface area contributed by atoms with Crippen molar-refractivity contribution >= 4 is 11.6 Å². The van der Waals surface area contributed by atoms with Crippen LogP contribution in [0.5, 0.6) is 0 Å². The number of carbonyl (C=O) groups is 1. The van der Waals surface area contributed by atoms with E-state index in [-0.39, 0.29) is 11.8 Å². The van der Waals surface area contributed by atoms with Gasteiger partial charge in [0, 0.05) is 5.69 Å². The lowest BCUT2D eigenvalue weighted by atomic mass is 9.95. The summed E-state index contributed by atoms with van der Waals surface area (Å²) in [4.78, 5) is 12.5. The molecular formula is C18H21NO. The Hall–Kier alpha value is -2.09. The number of rotatable bonds is 4. The topological polar surface area (TPSA) is 29.1 Å². The summed E-state index contributed by atoms with van der Waals surface area (Å²) in [5, 5.41) is 3.06. The molecule has 2 nitrogen and oxygen atoms in total. The second-order valence-electron chi connectivity index (χ2n) is 5.11. The average Bonchev–Trinajstić information content (AvgIpc) is 2.46. The largest absolute Gasteiger partial charge is 0.325 e. The summed E-state index contributed by atoms with van der Waals surface area (Å²) in [7, 11) is 0. The maximum atomic E-state index is 12.5. The summed E-state index contributed by atoms with van der Waals surface area (Å²) in [5.74, 6) is -0.0384. The van der Waals surface area contributed by atoms with Crippen molar-refractivity contribution in [2.24, 2.45) is 0 Å². The molecule has 0 spiro atoms. The summed E-state index contributed by atoms with van der Waals surface area (Å²) < 4.78 is 0. The Morgan fingerprint density at radius 2 is 1.75 bits per heavy atom. The quantitative estimate of drug-likeness (QED) is 0.872. The molecule has 2 rings (SSSR count). The molecule has 0 aliphatic heterocycles. The third-order valence-electron chi connectivity index (χ3n) is 3.79. The Kier molecular flexibility index (Phi) is 4.57. The zero-order valence-corrected chi connectivity index (χ0v) is 12.3. The molecule has 2 aromatic rings. The van der Waals surface area contributed by atoms with Crippen molar-refractivity contribution in [2.45, 2.75) is 33.1 Å². The minimum Gasteiger partial charge on any atom is -0.325 e. The van der Waals surface area contributed by atoms with Crippen molar-refractivity contribution in [3.63, 3.8) is 0 Å². The van der Waals surface area contributed by atoms with E-state index in [0.717, 1.165) is 23.2 Å². The zero-order chi connectivity index (χ0) is 14.5. The lowest BCUT2D eigenvalue weighted by Crippen LogP contribution is -2.21. The molecule has 0 aliphatic carbocycles. The molecule has 0 unspecified atom stereocenters. The van der Waals surface area contributed by atoms with Gasteiger partial charge in [0.25, 0.3) is 0 Å². The smallest absolute Gasteiger partial charge is 0.231 e. The van der Waals surface area contributed by atoms with Crippen LogP contribution in [0.4, 0.5) is 5.69 Å². The highest BCUT2D eigenvalue weighted by atomic mass is 16.1. The van der Waals surface area contributed by atoms with Crippen LogP contribution in [0.2, 0.25) is 0 Å². The second kappa shape index (κ2) is 6.38. The van der Waals surface area contributed by atoms with Crippen molar-refractivity contribution in [3.8, 4) is 0 Å². The van der Waals surface area contributed by atoms with Crippen molar-refractivity contribution < 1.29 is 4.79 Å². The fraction of sp³-hybridized carbons (Fsp3) is 0.278. The van der Waals surface area contributed by atoms with E-state index in [1.807, 2.05) is 56.3 Å². The van der Waals surface area contributed by atoms with Gasteiger partial charge in [0.05, 0.1) is 5.92 Å². The SMILES string of the molecule is CC[C@H](C(=O)Nc1cccc(C)c1C)c1ccccc1. The standard InChI is InChI=1S/C18H21NO/c1-4-16(15-10-6-5-7-11-15)18(20)19-17-12-8-9-13(2)14(17)3/h5-12,16H,4H2,1-3H3,(H,19,20)/t16-/m0/s1. The lowest BCUT2D eigenvalue weighted by Gasteiger charge is -2.17. The molecule has 0 aliphatic rings. The highest BCUT2D eigenvalue weighted by molar-refractivity contribution is 5.96. The molecule has 2 heteroatoms. The number of carbonyl (C=O) groups excluding carboxylic acids is 1. The first-order chi connectivity index (χ1) is 9.63. The molecule has 0 bridgehead atoms. The number of anilines is 1. The summed E-state index contributed by atoms with van der Waals surface area (Å²) in [5.41, 5.74) is 4.29. The molecule has 1 atom stereocenters. The van der Waals surface area contributed by atoms with Crippen LogP contribution in [0.1, 0.15) is 36.0 Å². The minimum atomic E-state index is -0.101. The normalized spacial score (nSPS) is 11.9. The summed E-state index contributed by atoms with van der Waals surface area (Å²) in [6.07, 6.45) is 0.792.